The van der Waals surface area contributed by atoms with Gasteiger partial charge in [0.05, 0.1) is 43.3 Å². The van der Waals surface area contributed by atoms with Gasteiger partial charge in [0.1, 0.15) is 0 Å². The van der Waals surface area contributed by atoms with Crippen LogP contribution >= 0.6 is 0 Å². The Bertz CT molecular complexity index is 539. The molecule has 0 fully saturated rings. The molecule has 1 amide bonds. The van der Waals surface area contributed by atoms with Gasteiger partial charge in [0.15, 0.2) is 5.75 Å². The highest BCUT2D eigenvalue weighted by molar-refractivity contribution is 5.98. The molecule has 1 aromatic carbocycles. The number of amides is 1. The van der Waals surface area contributed by atoms with Gasteiger partial charge < -0.3 is 15.4 Å². The summed E-state index contributed by atoms with van der Waals surface area (Å²) in [6.45, 7) is 0.546. The van der Waals surface area contributed by atoms with Crippen LogP contribution in [0.25, 0.3) is 0 Å². The van der Waals surface area contributed by atoms with Crippen molar-refractivity contribution >= 4 is 11.6 Å². The maximum atomic E-state index is 12.5. The second-order valence-electron chi connectivity index (χ2n) is 4.04. The van der Waals surface area contributed by atoms with Gasteiger partial charge in [0.2, 0.25) is 0 Å². The van der Waals surface area contributed by atoms with E-state index >= 15 is 0 Å². The summed E-state index contributed by atoms with van der Waals surface area (Å²) in [5.74, 6) is 0.0241. The van der Waals surface area contributed by atoms with Crippen molar-refractivity contribution in [1.82, 2.24) is 4.90 Å². The highest BCUT2D eigenvalue weighted by atomic mass is 16.5. The summed E-state index contributed by atoms with van der Waals surface area (Å²) < 4.78 is 5.15. The molecule has 0 spiro atoms. The Morgan fingerprint density at radius 2 is 1.90 bits per heavy atom. The minimum atomic E-state index is -0.292. The van der Waals surface area contributed by atoms with Gasteiger partial charge in [0, 0.05) is 13.1 Å². The second-order valence-corrected chi connectivity index (χ2v) is 4.04. The van der Waals surface area contributed by atoms with Gasteiger partial charge in [-0.05, 0) is 12.1 Å². The fourth-order valence-corrected chi connectivity index (χ4v) is 1.81. The average Bonchev–Trinajstić information content (AvgIpc) is 2.46. The molecule has 0 aromatic heterocycles. The molecule has 104 valence electrons. The Morgan fingerprint density at radius 3 is 2.40 bits per heavy atom. The van der Waals surface area contributed by atoms with Gasteiger partial charge in [-0.3, -0.25) is 4.79 Å². The summed E-state index contributed by atoms with van der Waals surface area (Å²) in [6, 6.07) is 8.90. The molecule has 2 N–H and O–H groups in total. The molecule has 0 atom stereocenters. The van der Waals surface area contributed by atoms with Crippen LogP contribution in [0.15, 0.2) is 18.2 Å². The van der Waals surface area contributed by atoms with E-state index in [0.717, 1.165) is 0 Å². The van der Waals surface area contributed by atoms with Crippen molar-refractivity contribution in [2.24, 2.45) is 0 Å². The number of carbonyl (C=O) groups is 1. The standard InChI is InChI=1S/C14H16N4O2/c1-20-13-11(5-2-6-12(13)17)14(19)18(9-3-7-15)10-4-8-16/h2,5-6H,3-4,9-10,17H2,1H3. The summed E-state index contributed by atoms with van der Waals surface area (Å²) in [4.78, 5) is 13.9. The summed E-state index contributed by atoms with van der Waals surface area (Å²) in [7, 11) is 1.44. The average molecular weight is 272 g/mol. The quantitative estimate of drug-likeness (QED) is 0.791. The first-order valence-electron chi connectivity index (χ1n) is 6.11. The van der Waals surface area contributed by atoms with Crippen LogP contribution in [-0.2, 0) is 0 Å². The molecule has 6 heteroatoms. The van der Waals surface area contributed by atoms with Crippen LogP contribution in [0.5, 0.6) is 5.75 Å². The normalized spacial score (nSPS) is 9.35. The minimum absolute atomic E-state index is 0.210. The molecule has 6 nitrogen and oxygen atoms in total. The van der Waals surface area contributed by atoms with Crippen LogP contribution in [0.3, 0.4) is 0 Å². The smallest absolute Gasteiger partial charge is 0.257 e. The number of rotatable bonds is 6. The maximum Gasteiger partial charge on any atom is 0.257 e. The number of hydrogen-bond donors (Lipinski definition) is 1. The number of carbonyl (C=O) groups excluding carboxylic acids is 1. The van der Waals surface area contributed by atoms with E-state index in [1.807, 2.05) is 12.1 Å². The lowest BCUT2D eigenvalue weighted by Gasteiger charge is -2.21. The van der Waals surface area contributed by atoms with E-state index in [2.05, 4.69) is 0 Å². The van der Waals surface area contributed by atoms with Gasteiger partial charge in [-0.15, -0.1) is 0 Å². The van der Waals surface area contributed by atoms with Gasteiger partial charge in [-0.2, -0.15) is 10.5 Å². The van der Waals surface area contributed by atoms with Gasteiger partial charge in [-0.1, -0.05) is 6.07 Å². The number of benzene rings is 1. The predicted octanol–water partition coefficient (Wildman–Crippen LogP) is 1.55. The molecule has 20 heavy (non-hydrogen) atoms. The number of hydrogen-bond acceptors (Lipinski definition) is 5. The molecule has 0 aliphatic rings. The predicted molar refractivity (Wildman–Crippen MR) is 73.8 cm³/mol. The maximum absolute atomic E-state index is 12.5. The third kappa shape index (κ3) is 3.63. The Balaban J connectivity index is 3.02. The van der Waals surface area contributed by atoms with Crippen molar-refractivity contribution in [3.63, 3.8) is 0 Å². The number of para-hydroxylation sites is 1. The topological polar surface area (TPSA) is 103 Å². The van der Waals surface area contributed by atoms with Crippen molar-refractivity contribution < 1.29 is 9.53 Å². The Labute approximate surface area is 118 Å². The van der Waals surface area contributed by atoms with Crippen molar-refractivity contribution in [2.75, 3.05) is 25.9 Å². The number of nitriles is 2. The van der Waals surface area contributed by atoms with Crippen LogP contribution < -0.4 is 10.5 Å². The van der Waals surface area contributed by atoms with Gasteiger partial charge >= 0.3 is 0 Å². The Kier molecular flexibility index (Phi) is 5.86. The van der Waals surface area contributed by atoms with Crippen LogP contribution in [0, 0.1) is 22.7 Å². The Hall–Kier alpha value is -2.73. The van der Waals surface area contributed by atoms with E-state index in [0.29, 0.717) is 17.0 Å². The number of nitrogens with zero attached hydrogens (tertiary/aromatic N) is 3. The molecule has 0 saturated heterocycles. The van der Waals surface area contributed by atoms with Crippen molar-refractivity contribution in [3.05, 3.63) is 23.8 Å². The molecule has 0 unspecified atom stereocenters. The van der Waals surface area contributed by atoms with Crippen LogP contribution in [0.2, 0.25) is 0 Å². The molecular weight excluding hydrogens is 256 g/mol. The fourth-order valence-electron chi connectivity index (χ4n) is 1.81. The largest absolute Gasteiger partial charge is 0.494 e. The number of anilines is 1. The highest BCUT2D eigenvalue weighted by Gasteiger charge is 2.20. The number of nitrogens with two attached hydrogens (primary N) is 1. The summed E-state index contributed by atoms with van der Waals surface area (Å²) in [5.41, 5.74) is 6.48. The van der Waals surface area contributed by atoms with E-state index in [1.165, 1.54) is 12.0 Å². The van der Waals surface area contributed by atoms with Crippen LogP contribution in [-0.4, -0.2) is 31.0 Å². The first-order chi connectivity index (χ1) is 9.65. The molecule has 1 aromatic rings. The molecule has 0 radical (unpaired) electrons. The van der Waals surface area contributed by atoms with Crippen LogP contribution in [0.1, 0.15) is 23.2 Å². The number of nitrogen functional groups attached to an aromatic ring is 1. The fraction of sp³-hybridized carbons (Fsp3) is 0.357. The monoisotopic (exact) mass is 272 g/mol. The van der Waals surface area contributed by atoms with Crippen molar-refractivity contribution in [3.8, 4) is 17.9 Å². The third-order valence-corrected chi connectivity index (χ3v) is 2.75. The highest BCUT2D eigenvalue weighted by Crippen LogP contribution is 2.27. The molecule has 0 saturated carbocycles. The van der Waals surface area contributed by atoms with Crippen molar-refractivity contribution in [2.45, 2.75) is 12.8 Å². The summed E-state index contributed by atoms with van der Waals surface area (Å²) in [6.07, 6.45) is 0.420. The first kappa shape index (κ1) is 15.3. The number of ether oxygens (including phenoxy) is 1. The third-order valence-electron chi connectivity index (χ3n) is 2.75. The first-order valence-corrected chi connectivity index (χ1v) is 6.11. The lowest BCUT2D eigenvalue weighted by Crippen LogP contribution is -2.33. The molecule has 0 aliphatic carbocycles. The summed E-state index contributed by atoms with van der Waals surface area (Å²) >= 11 is 0. The second kappa shape index (κ2) is 7.65. The zero-order chi connectivity index (χ0) is 15.0. The van der Waals surface area contributed by atoms with E-state index in [-0.39, 0.29) is 31.8 Å². The van der Waals surface area contributed by atoms with E-state index in [4.69, 9.17) is 21.0 Å². The van der Waals surface area contributed by atoms with E-state index in [9.17, 15) is 4.79 Å². The lowest BCUT2D eigenvalue weighted by atomic mass is 10.1. The zero-order valence-corrected chi connectivity index (χ0v) is 11.3. The number of methoxy groups -OCH3 is 1. The Morgan fingerprint density at radius 1 is 1.30 bits per heavy atom. The zero-order valence-electron chi connectivity index (χ0n) is 11.3. The molecule has 0 aliphatic heterocycles. The van der Waals surface area contributed by atoms with Gasteiger partial charge in [-0.25, -0.2) is 0 Å². The van der Waals surface area contributed by atoms with E-state index in [1.54, 1.807) is 18.2 Å². The molecule has 0 heterocycles. The van der Waals surface area contributed by atoms with Gasteiger partial charge in [0.25, 0.3) is 5.91 Å². The lowest BCUT2D eigenvalue weighted by molar-refractivity contribution is 0.0759. The SMILES string of the molecule is COc1c(N)cccc1C(=O)N(CCC#N)CCC#N. The minimum Gasteiger partial charge on any atom is -0.494 e. The summed E-state index contributed by atoms with van der Waals surface area (Å²) in [5, 5.41) is 17.3. The molecular formula is C14H16N4O2. The molecule has 0 bridgehead atoms. The van der Waals surface area contributed by atoms with E-state index < -0.39 is 0 Å². The van der Waals surface area contributed by atoms with Crippen molar-refractivity contribution in [1.29, 1.82) is 10.5 Å². The molecule has 1 rings (SSSR count). The van der Waals surface area contributed by atoms with Crippen LogP contribution in [0.4, 0.5) is 5.69 Å².